The van der Waals surface area contributed by atoms with Crippen LogP contribution in [0.4, 0.5) is 28.9 Å². The Balaban J connectivity index is 0.000000148. The van der Waals surface area contributed by atoms with Gasteiger partial charge in [-0.15, -0.1) is 0 Å². The van der Waals surface area contributed by atoms with Crippen LogP contribution in [0.15, 0.2) is 146 Å². The fraction of sp³-hybridized carbons (Fsp3) is 0.444. The molecule has 0 spiro atoms. The number of amides is 12. The second-order valence-corrected chi connectivity index (χ2v) is 37.0. The fourth-order valence-electron chi connectivity index (χ4n) is 19.4. The molecule has 8 aromatic rings. The van der Waals surface area contributed by atoms with Gasteiger partial charge in [0.15, 0.2) is 0 Å². The van der Waals surface area contributed by atoms with Crippen LogP contribution in [0.25, 0.3) is 0 Å². The Labute approximate surface area is 863 Å². The molecule has 0 saturated carbocycles. The standard InChI is InChI=1S/2C27H31FN4O4.2C27H30FN3O5/c2*1-16-12-31(13-17(2)36-16)14-18-6-7-22(28)19(10-18)11-29-23-5-3-4-20-21(23)15-32(27(20)35)24-8-9-25(33)30-26(24)34;2*1-16-11-30(12-17(2)36-16)13-18-6-7-22(28)19(10-18)15-35-24-5-3-4-20-21(24)14-31(27(20)34)23-8-9-25(32)29-26(23)33/h2*3-7,10,16-17,24,29H,8-9,11-15H2,1-2H3,(H,30,33,34);2*3-7,10,16-17,23H,8-9,11-15H2,1-2H3,(H,29,32,33)/i8D2,9D2,11D2,24D;8D2,9D2,11D2;8D2,9D2,15D2;15D2,23D. The molecule has 144 heavy (non-hydrogen) atoms. The molecule has 12 heterocycles. The number of carbonyl (C=O) groups is 12. The van der Waals surface area contributed by atoms with Crippen LogP contribution in [0.1, 0.15) is 245 Å². The number of halogens is 4. The maximum atomic E-state index is 15.0. The lowest BCUT2D eigenvalue weighted by Crippen LogP contribution is -2.52. The zero-order valence-corrected chi connectivity index (χ0v) is 79.8. The molecular formula is C108H122F4N14O18. The summed E-state index contributed by atoms with van der Waals surface area (Å²) in [4.78, 5) is 163. The van der Waals surface area contributed by atoms with E-state index in [2.05, 4.69) is 35.6 Å². The molecule has 12 unspecified atom stereocenters. The van der Waals surface area contributed by atoms with Crippen LogP contribution in [0.2, 0.25) is 0 Å². The summed E-state index contributed by atoms with van der Waals surface area (Å²) in [6, 6.07) is 24.8. The first-order valence-corrected chi connectivity index (χ1v) is 47.1. The Morgan fingerprint density at radius 3 is 1.02 bits per heavy atom. The first kappa shape index (κ1) is 77.3. The summed E-state index contributed by atoms with van der Waals surface area (Å²) in [6.45, 7) is 11.1. The van der Waals surface area contributed by atoms with Gasteiger partial charge in [-0.1, -0.05) is 48.5 Å². The molecule has 12 atom stereocenters. The number of imide groups is 4. The number of hydrogen-bond donors (Lipinski definition) is 6. The van der Waals surface area contributed by atoms with E-state index in [0.29, 0.717) is 106 Å². The summed E-state index contributed by atoms with van der Waals surface area (Å²) in [6.07, 6.45) is -19.1. The number of carbonyl (C=O) groups excluding carboxylic acids is 12. The van der Waals surface area contributed by atoms with Gasteiger partial charge in [0.2, 0.25) is 47.3 Å². The highest BCUT2D eigenvalue weighted by molar-refractivity contribution is 6.09. The Morgan fingerprint density at radius 2 is 0.646 bits per heavy atom. The average Bonchev–Trinajstić information content (AvgIpc) is 1.39. The molecule has 12 aliphatic rings. The predicted molar refractivity (Wildman–Crippen MR) is 520 cm³/mol. The number of anilines is 2. The maximum Gasteiger partial charge on any atom is 0.255 e. The van der Waals surface area contributed by atoms with Crippen LogP contribution in [0, 0.1) is 23.3 Å². The van der Waals surface area contributed by atoms with Crippen molar-refractivity contribution in [3.8, 4) is 11.5 Å². The van der Waals surface area contributed by atoms with Crippen molar-refractivity contribution < 1.29 is 134 Å². The van der Waals surface area contributed by atoms with Gasteiger partial charge in [-0.2, -0.15) is 0 Å². The van der Waals surface area contributed by atoms with Gasteiger partial charge in [-0.3, -0.25) is 98.4 Å². The molecule has 6 N–H and O–H groups in total. The fourth-order valence-corrected chi connectivity index (χ4v) is 19.4. The highest BCUT2D eigenvalue weighted by Crippen LogP contribution is 2.40. The van der Waals surface area contributed by atoms with Crippen molar-refractivity contribution >= 4 is 82.3 Å². The molecule has 0 aromatic heterocycles. The van der Waals surface area contributed by atoms with Gasteiger partial charge in [-0.05, 0) is 200 Å². The van der Waals surface area contributed by atoms with E-state index in [-0.39, 0.29) is 164 Å². The Morgan fingerprint density at radius 1 is 0.354 bits per heavy atom. The Bertz CT molecular complexity index is 7220. The van der Waals surface area contributed by atoms with E-state index in [1.807, 2.05) is 55.4 Å². The zero-order chi connectivity index (χ0) is 121. The number of fused-ring (bicyclic) bond motifs is 4. The lowest BCUT2D eigenvalue weighted by Gasteiger charge is -2.35. The highest BCUT2D eigenvalue weighted by Gasteiger charge is 2.46. The van der Waals surface area contributed by atoms with Crippen LogP contribution in [-0.2, 0) is 136 Å². The Kier molecular flexibility index (Phi) is 24.2. The van der Waals surface area contributed by atoms with Crippen molar-refractivity contribution in [1.82, 2.24) is 60.5 Å². The van der Waals surface area contributed by atoms with Crippen molar-refractivity contribution in [1.29, 1.82) is 0 Å². The number of nitrogens with zero attached hydrogens (tertiary/aromatic N) is 8. The molecule has 0 bridgehead atoms. The topological polar surface area (TPSA) is 358 Å². The third-order valence-corrected chi connectivity index (χ3v) is 25.5. The molecule has 32 nitrogen and oxygen atoms in total. The molecule has 12 amide bonds. The SMILES string of the molecule is [2H]C([2H])(Nc1cccc2c1CN(C1([2H])C(=O)NC(=O)C([2H])([2H])C1([2H])[2H])C2=O)c1cc(CN2CC(C)OC(C)C2)ccc1F.[2H]C([2H])(Nc1cccc2c1CN(C1C(=O)NC(=O)C([2H])([2H])C1([2H])[2H])C2=O)c1cc(CN2CC(C)OC(C)C2)ccc1F.[2H]C([2H])(Oc1cccc2c1CN(C1([2H])CCC(=O)NC1=O)C2=O)c1cc(CN2CC(C)OC(C)C2)ccc1F.[2H]C([2H])(Oc1cccc2c1CN(C1C(=O)NC(=O)C([2H])([2H])C1([2H])[2H])C2=O)c1cc(CN2CC(C)OC(C)C2)ccc1F. The minimum absolute atomic E-state index is 0.00451. The minimum atomic E-state index is -3.45. The number of ether oxygens (including phenoxy) is 6. The number of morpholine rings is 4. The van der Waals surface area contributed by atoms with Gasteiger partial charge in [0.25, 0.3) is 23.6 Å². The predicted octanol–water partition coefficient (Wildman–Crippen LogP) is 11.2. The lowest BCUT2D eigenvalue weighted by atomic mass is 10.0. The van der Waals surface area contributed by atoms with Crippen LogP contribution < -0.4 is 41.4 Å². The number of rotatable bonds is 24. The molecule has 0 radical (unpaired) electrons. The monoisotopic (exact) mass is 2000 g/mol. The van der Waals surface area contributed by atoms with E-state index in [1.165, 1.54) is 121 Å². The molecule has 12 aliphatic heterocycles. The van der Waals surface area contributed by atoms with E-state index in [9.17, 15) is 66.3 Å². The molecule has 8 fully saturated rings. The van der Waals surface area contributed by atoms with Crippen LogP contribution in [0.3, 0.4) is 0 Å². The molecule has 0 aliphatic carbocycles. The molecule has 8 saturated heterocycles. The van der Waals surface area contributed by atoms with E-state index in [1.54, 1.807) is 40.2 Å². The van der Waals surface area contributed by atoms with Crippen molar-refractivity contribution in [3.05, 3.63) is 258 Å². The molecule has 36 heteroatoms. The highest BCUT2D eigenvalue weighted by atomic mass is 19.1. The summed E-state index contributed by atoms with van der Waals surface area (Å²) >= 11 is 0. The lowest BCUT2D eigenvalue weighted by molar-refractivity contribution is -0.138. The second-order valence-electron chi connectivity index (χ2n) is 37.0. The Hall–Kier alpha value is -13.2. The molecular weight excluding hydrogens is 1860 g/mol. The van der Waals surface area contributed by atoms with Crippen LogP contribution in [-0.4, -0.2) is 235 Å². The van der Waals surface area contributed by atoms with Gasteiger partial charge < -0.3 is 58.7 Å². The smallest absolute Gasteiger partial charge is 0.255 e. The van der Waals surface area contributed by atoms with Gasteiger partial charge >= 0.3 is 0 Å². The third-order valence-electron chi connectivity index (χ3n) is 25.5. The third kappa shape index (κ3) is 24.2. The first-order chi connectivity index (χ1) is 77.3. The quantitative estimate of drug-likeness (QED) is 0.0242. The van der Waals surface area contributed by atoms with E-state index >= 15 is 8.78 Å². The summed E-state index contributed by atoms with van der Waals surface area (Å²) in [5.41, 5.74) is 2.53. The zero-order valence-electron chi connectivity index (χ0n) is 102. The van der Waals surface area contributed by atoms with Crippen molar-refractivity contribution in [2.45, 2.75) is 258 Å². The van der Waals surface area contributed by atoms with E-state index < -0.39 is 196 Å². The van der Waals surface area contributed by atoms with Crippen LogP contribution in [0.5, 0.6) is 11.5 Å². The number of hydrogen-bond acceptors (Lipinski definition) is 24. The maximum absolute atomic E-state index is 15.0. The number of benzene rings is 8. The van der Waals surface area contributed by atoms with Crippen molar-refractivity contribution in [2.24, 2.45) is 0 Å². The summed E-state index contributed by atoms with van der Waals surface area (Å²) in [7, 11) is 0. The number of piperidine rings is 4. The van der Waals surface area contributed by atoms with Gasteiger partial charge in [-0.25, -0.2) is 17.6 Å². The minimum Gasteiger partial charge on any atom is -0.488 e. The van der Waals surface area contributed by atoms with Crippen LogP contribution >= 0.6 is 0 Å². The molecule has 760 valence electrons. The summed E-state index contributed by atoms with van der Waals surface area (Å²) < 4.78 is 278. The normalized spacial score (nSPS) is 30.4. The van der Waals surface area contributed by atoms with Crippen molar-refractivity contribution in [3.63, 3.8) is 0 Å². The second kappa shape index (κ2) is 45.0. The molecule has 20 rings (SSSR count). The summed E-state index contributed by atoms with van der Waals surface area (Å²) in [5, 5.41) is 12.7. The largest absolute Gasteiger partial charge is 0.488 e. The van der Waals surface area contributed by atoms with Gasteiger partial charge in [0.05, 0.1) is 75.6 Å². The number of nitrogens with one attached hydrogen (secondary N) is 6. The van der Waals surface area contributed by atoms with E-state index in [0.717, 1.165) is 14.7 Å². The molecule has 8 aromatic carbocycles. The summed E-state index contributed by atoms with van der Waals surface area (Å²) in [5.74, 6) is -16.2. The van der Waals surface area contributed by atoms with Crippen molar-refractivity contribution in [2.75, 3.05) is 63.0 Å². The average molecular weight is 2000 g/mol. The van der Waals surface area contributed by atoms with Gasteiger partial charge in [0.1, 0.15) is 72.0 Å². The van der Waals surface area contributed by atoms with E-state index in [4.69, 9.17) is 58.6 Å². The first-order valence-electron chi connectivity index (χ1n) is 58.1. The van der Waals surface area contributed by atoms with Gasteiger partial charge in [0, 0.05) is 225 Å².